The van der Waals surface area contributed by atoms with E-state index < -0.39 is 8.80 Å². The first-order chi connectivity index (χ1) is 5.90. The lowest BCUT2D eigenvalue weighted by molar-refractivity contribution is -0.0878. The van der Waals surface area contributed by atoms with Gasteiger partial charge in [-0.3, -0.25) is 0 Å². The minimum absolute atomic E-state index is 0.255. The fourth-order valence-corrected chi connectivity index (χ4v) is 5.69. The van der Waals surface area contributed by atoms with Crippen molar-refractivity contribution in [2.45, 2.75) is 58.4 Å². The highest BCUT2D eigenvalue weighted by atomic mass is 28.3. The van der Waals surface area contributed by atoms with Gasteiger partial charge < -0.3 is 4.74 Å². The highest BCUT2D eigenvalue weighted by Crippen LogP contribution is 2.42. The SMILES string of the molecule is C[SiH](C)C1(C(C)(C)C)CCCCO1. The van der Waals surface area contributed by atoms with Crippen LogP contribution in [-0.2, 0) is 4.74 Å². The van der Waals surface area contributed by atoms with Gasteiger partial charge in [-0.05, 0) is 24.7 Å². The second kappa shape index (κ2) is 3.74. The van der Waals surface area contributed by atoms with E-state index in [2.05, 4.69) is 33.9 Å². The van der Waals surface area contributed by atoms with Crippen LogP contribution in [0.5, 0.6) is 0 Å². The van der Waals surface area contributed by atoms with Gasteiger partial charge >= 0.3 is 0 Å². The average Bonchev–Trinajstić information content (AvgIpc) is 2.03. The van der Waals surface area contributed by atoms with Gasteiger partial charge in [0.15, 0.2) is 0 Å². The van der Waals surface area contributed by atoms with Crippen LogP contribution in [0.15, 0.2) is 0 Å². The summed E-state index contributed by atoms with van der Waals surface area (Å²) < 4.78 is 6.15. The molecule has 0 radical (unpaired) electrons. The molecule has 0 amide bonds. The Balaban J connectivity index is 2.86. The van der Waals surface area contributed by atoms with E-state index in [1.165, 1.54) is 19.3 Å². The molecule has 0 saturated carbocycles. The predicted molar refractivity (Wildman–Crippen MR) is 60.9 cm³/mol. The highest BCUT2D eigenvalue weighted by Gasteiger charge is 2.46. The fourth-order valence-electron chi connectivity index (χ4n) is 2.73. The Bertz CT molecular complexity index is 163. The second-order valence-electron chi connectivity index (χ2n) is 5.60. The van der Waals surface area contributed by atoms with E-state index in [1.54, 1.807) is 0 Å². The number of hydrogen-bond acceptors (Lipinski definition) is 1. The molecule has 1 fully saturated rings. The zero-order chi connectivity index (χ0) is 10.1. The van der Waals surface area contributed by atoms with E-state index >= 15 is 0 Å². The molecule has 0 N–H and O–H groups in total. The molecule has 0 aliphatic carbocycles. The van der Waals surface area contributed by atoms with E-state index in [-0.39, 0.29) is 5.22 Å². The molecule has 13 heavy (non-hydrogen) atoms. The third-order valence-electron chi connectivity index (χ3n) is 3.50. The van der Waals surface area contributed by atoms with Crippen molar-refractivity contribution in [2.75, 3.05) is 6.61 Å². The molecule has 1 aliphatic heterocycles. The van der Waals surface area contributed by atoms with Crippen molar-refractivity contribution in [3.05, 3.63) is 0 Å². The van der Waals surface area contributed by atoms with Gasteiger partial charge in [-0.2, -0.15) is 0 Å². The Morgan fingerprint density at radius 1 is 1.15 bits per heavy atom. The van der Waals surface area contributed by atoms with Gasteiger partial charge in [-0.1, -0.05) is 33.9 Å². The van der Waals surface area contributed by atoms with Crippen molar-refractivity contribution < 1.29 is 4.74 Å². The lowest BCUT2D eigenvalue weighted by Gasteiger charge is -2.50. The van der Waals surface area contributed by atoms with E-state index in [0.29, 0.717) is 5.41 Å². The fraction of sp³-hybridized carbons (Fsp3) is 1.00. The molecule has 0 aromatic carbocycles. The molecular formula is C11H24OSi. The average molecular weight is 200 g/mol. The van der Waals surface area contributed by atoms with Crippen LogP contribution in [0, 0.1) is 5.41 Å². The molecule has 1 saturated heterocycles. The van der Waals surface area contributed by atoms with Crippen LogP contribution < -0.4 is 0 Å². The molecule has 78 valence electrons. The van der Waals surface area contributed by atoms with Crippen LogP contribution in [0.3, 0.4) is 0 Å². The summed E-state index contributed by atoms with van der Waals surface area (Å²) in [5.74, 6) is 0. The molecule has 2 heteroatoms. The summed E-state index contributed by atoms with van der Waals surface area (Å²) in [4.78, 5) is 0. The van der Waals surface area contributed by atoms with Crippen LogP contribution in [0.25, 0.3) is 0 Å². The molecule has 0 spiro atoms. The van der Waals surface area contributed by atoms with Gasteiger partial charge in [-0.15, -0.1) is 0 Å². The summed E-state index contributed by atoms with van der Waals surface area (Å²) in [6.45, 7) is 12.9. The van der Waals surface area contributed by atoms with Crippen molar-refractivity contribution in [1.82, 2.24) is 0 Å². The maximum absolute atomic E-state index is 6.15. The van der Waals surface area contributed by atoms with Crippen LogP contribution >= 0.6 is 0 Å². The first-order valence-electron chi connectivity index (χ1n) is 5.54. The van der Waals surface area contributed by atoms with Gasteiger partial charge in [0.1, 0.15) is 0 Å². The zero-order valence-electron chi connectivity index (χ0n) is 9.81. The molecule has 1 aliphatic rings. The topological polar surface area (TPSA) is 9.23 Å². The first kappa shape index (κ1) is 11.3. The minimum atomic E-state index is -0.735. The van der Waals surface area contributed by atoms with Crippen molar-refractivity contribution in [2.24, 2.45) is 5.41 Å². The number of hydrogen-bond donors (Lipinski definition) is 0. The molecule has 1 heterocycles. The highest BCUT2D eigenvalue weighted by molar-refractivity contribution is 6.59. The van der Waals surface area contributed by atoms with E-state index in [0.717, 1.165) is 6.61 Å². The van der Waals surface area contributed by atoms with Gasteiger partial charge in [0.05, 0.1) is 14.0 Å². The van der Waals surface area contributed by atoms with Gasteiger partial charge in [0.25, 0.3) is 0 Å². The van der Waals surface area contributed by atoms with Crippen LogP contribution in [-0.4, -0.2) is 20.6 Å². The number of rotatable bonds is 1. The molecule has 1 atom stereocenters. The summed E-state index contributed by atoms with van der Waals surface area (Å²) in [5.41, 5.74) is 0.327. The molecule has 1 unspecified atom stereocenters. The molecule has 0 aromatic heterocycles. The maximum atomic E-state index is 6.15. The van der Waals surface area contributed by atoms with Crippen molar-refractivity contribution in [3.63, 3.8) is 0 Å². The molecule has 0 bridgehead atoms. The summed E-state index contributed by atoms with van der Waals surface area (Å²) >= 11 is 0. The Hall–Kier alpha value is 0.177. The molecule has 1 rings (SSSR count). The predicted octanol–water partition coefficient (Wildman–Crippen LogP) is 3.00. The van der Waals surface area contributed by atoms with Crippen LogP contribution in [0.2, 0.25) is 13.1 Å². The van der Waals surface area contributed by atoms with Gasteiger partial charge in [0, 0.05) is 6.61 Å². The Labute approximate surface area is 84.5 Å². The summed E-state index contributed by atoms with van der Waals surface area (Å²) in [6, 6.07) is 0. The van der Waals surface area contributed by atoms with Crippen molar-refractivity contribution in [1.29, 1.82) is 0 Å². The van der Waals surface area contributed by atoms with Crippen LogP contribution in [0.4, 0.5) is 0 Å². The quantitative estimate of drug-likeness (QED) is 0.591. The molecule has 0 aromatic rings. The first-order valence-corrected chi connectivity index (χ1v) is 8.43. The summed E-state index contributed by atoms with van der Waals surface area (Å²) in [5, 5.41) is 0.255. The third kappa shape index (κ3) is 1.99. The zero-order valence-corrected chi connectivity index (χ0v) is 11.0. The van der Waals surface area contributed by atoms with E-state index in [1.807, 2.05) is 0 Å². The number of ether oxygens (including phenoxy) is 1. The minimum Gasteiger partial charge on any atom is -0.378 e. The standard InChI is InChI=1S/C11H24OSi/c1-10(2,3)11(13(4)5)8-6-7-9-12-11/h13H,6-9H2,1-5H3. The Morgan fingerprint density at radius 3 is 2.00 bits per heavy atom. The van der Waals surface area contributed by atoms with Crippen molar-refractivity contribution >= 4 is 8.80 Å². The third-order valence-corrected chi connectivity index (χ3v) is 6.69. The lowest BCUT2D eigenvalue weighted by Crippen LogP contribution is -2.56. The normalized spacial score (nSPS) is 30.9. The Kier molecular flexibility index (Phi) is 3.23. The van der Waals surface area contributed by atoms with Gasteiger partial charge in [0.2, 0.25) is 0 Å². The maximum Gasteiger partial charge on any atom is 0.0702 e. The van der Waals surface area contributed by atoms with Crippen molar-refractivity contribution in [3.8, 4) is 0 Å². The Morgan fingerprint density at radius 2 is 1.77 bits per heavy atom. The van der Waals surface area contributed by atoms with Crippen LogP contribution in [0.1, 0.15) is 40.0 Å². The van der Waals surface area contributed by atoms with Gasteiger partial charge in [-0.25, -0.2) is 0 Å². The lowest BCUT2D eigenvalue weighted by atomic mass is 9.84. The van der Waals surface area contributed by atoms with E-state index in [9.17, 15) is 0 Å². The second-order valence-corrected chi connectivity index (χ2v) is 8.84. The summed E-state index contributed by atoms with van der Waals surface area (Å²) in [7, 11) is -0.735. The smallest absolute Gasteiger partial charge is 0.0702 e. The largest absolute Gasteiger partial charge is 0.378 e. The van der Waals surface area contributed by atoms with E-state index in [4.69, 9.17) is 4.74 Å². The monoisotopic (exact) mass is 200 g/mol. The molecule has 1 nitrogen and oxygen atoms in total. The summed E-state index contributed by atoms with van der Waals surface area (Å²) in [6.07, 6.45) is 3.92. The molecular weight excluding hydrogens is 176 g/mol.